The summed E-state index contributed by atoms with van der Waals surface area (Å²) in [6.07, 6.45) is 4.52. The van der Waals surface area contributed by atoms with Crippen molar-refractivity contribution in [1.82, 2.24) is 19.7 Å². The number of nitrogens with zero attached hydrogens (tertiary/aromatic N) is 5. The minimum absolute atomic E-state index is 0.173. The predicted molar refractivity (Wildman–Crippen MR) is 112 cm³/mol. The number of hydrogen-bond donors (Lipinski definition) is 0. The number of hydrogen-bond acceptors (Lipinski definition) is 5. The topological polar surface area (TPSA) is 63.9 Å². The maximum absolute atomic E-state index is 13.3. The van der Waals surface area contributed by atoms with E-state index in [-0.39, 0.29) is 5.91 Å². The Kier molecular flexibility index (Phi) is 5.16. The van der Waals surface area contributed by atoms with Crippen LogP contribution >= 0.6 is 11.3 Å². The van der Waals surface area contributed by atoms with E-state index in [9.17, 15) is 4.79 Å². The highest BCUT2D eigenvalue weighted by Gasteiger charge is 2.24. The maximum atomic E-state index is 13.3. The fraction of sp³-hybridized carbons (Fsp3) is 0.238. The molecular weight excluding hydrogens is 370 g/mol. The van der Waals surface area contributed by atoms with Crippen LogP contribution in [0.1, 0.15) is 35.6 Å². The molecule has 4 aromatic rings. The summed E-state index contributed by atoms with van der Waals surface area (Å²) in [5, 5.41) is 5.04. The molecule has 3 aromatic heterocycles. The lowest BCUT2D eigenvalue weighted by molar-refractivity contribution is 0.0979. The number of aryl methyl sites for hydroxylation is 2. The van der Waals surface area contributed by atoms with Gasteiger partial charge >= 0.3 is 0 Å². The minimum atomic E-state index is -0.173. The number of carbonyl (C=O) groups is 1. The molecule has 0 spiro atoms. The Bertz CT molecular complexity index is 1100. The van der Waals surface area contributed by atoms with Crippen molar-refractivity contribution in [3.8, 4) is 0 Å². The van der Waals surface area contributed by atoms with Crippen molar-refractivity contribution >= 4 is 32.6 Å². The fourth-order valence-corrected chi connectivity index (χ4v) is 3.99. The Balaban J connectivity index is 1.74. The Morgan fingerprint density at radius 1 is 1.18 bits per heavy atom. The second-order valence-electron chi connectivity index (χ2n) is 6.42. The van der Waals surface area contributed by atoms with Crippen molar-refractivity contribution in [2.45, 2.75) is 33.4 Å². The number of rotatable bonds is 6. The van der Waals surface area contributed by atoms with Gasteiger partial charge in [-0.2, -0.15) is 5.10 Å². The first-order valence-corrected chi connectivity index (χ1v) is 10.1. The monoisotopic (exact) mass is 391 g/mol. The molecule has 28 heavy (non-hydrogen) atoms. The molecule has 1 aromatic carbocycles. The highest BCUT2D eigenvalue weighted by Crippen LogP contribution is 2.31. The van der Waals surface area contributed by atoms with Crippen molar-refractivity contribution in [2.24, 2.45) is 0 Å². The van der Waals surface area contributed by atoms with E-state index >= 15 is 0 Å². The molecule has 1 amide bonds. The van der Waals surface area contributed by atoms with Crippen molar-refractivity contribution in [3.05, 3.63) is 71.8 Å². The summed E-state index contributed by atoms with van der Waals surface area (Å²) in [6.45, 7) is 5.18. The summed E-state index contributed by atoms with van der Waals surface area (Å²) in [5.74, 6) is -0.173. The lowest BCUT2D eigenvalue weighted by atomic mass is 10.2. The molecule has 0 aliphatic heterocycles. The highest BCUT2D eigenvalue weighted by molar-refractivity contribution is 7.22. The zero-order chi connectivity index (χ0) is 19.5. The number of thiazole rings is 1. The van der Waals surface area contributed by atoms with Crippen LogP contribution in [0.25, 0.3) is 10.2 Å². The zero-order valence-corrected chi connectivity index (χ0v) is 16.7. The van der Waals surface area contributed by atoms with Crippen molar-refractivity contribution < 1.29 is 4.79 Å². The van der Waals surface area contributed by atoms with Gasteiger partial charge in [-0.05, 0) is 49.2 Å². The summed E-state index contributed by atoms with van der Waals surface area (Å²) in [6, 6.07) is 13.7. The first kappa shape index (κ1) is 18.3. The normalized spacial score (nSPS) is 11.1. The van der Waals surface area contributed by atoms with E-state index in [1.54, 1.807) is 21.8 Å². The molecule has 4 rings (SSSR count). The lowest BCUT2D eigenvalue weighted by Crippen LogP contribution is -2.31. The number of carbonyl (C=O) groups excluding carboxylic acids is 1. The third-order valence-corrected chi connectivity index (χ3v) is 5.60. The molecule has 0 saturated heterocycles. The van der Waals surface area contributed by atoms with Crippen LogP contribution in [0.2, 0.25) is 0 Å². The molecular formula is C21H21N5OS. The summed E-state index contributed by atoms with van der Waals surface area (Å²) in [4.78, 5) is 24.0. The van der Waals surface area contributed by atoms with Gasteiger partial charge in [0.25, 0.3) is 5.91 Å². The molecule has 6 nitrogen and oxygen atoms in total. The number of aromatic nitrogens is 4. The van der Waals surface area contributed by atoms with Gasteiger partial charge in [0.1, 0.15) is 0 Å². The van der Waals surface area contributed by atoms with Crippen LogP contribution in [0.4, 0.5) is 5.13 Å². The Morgan fingerprint density at radius 3 is 2.79 bits per heavy atom. The lowest BCUT2D eigenvalue weighted by Gasteiger charge is -2.18. The van der Waals surface area contributed by atoms with Crippen LogP contribution in [0.15, 0.2) is 54.9 Å². The standard InChI is InChI=1S/C21H21N5OS/c1-3-15-8-9-17-19(13-15)28-21(23-17)26(14-16-7-5-6-11-22-16)20(27)18-10-12-25(4-2)24-18/h5-13H,3-4,14H2,1-2H3. The average molecular weight is 392 g/mol. The summed E-state index contributed by atoms with van der Waals surface area (Å²) in [5.41, 5.74) is 3.37. The van der Waals surface area contributed by atoms with Crippen molar-refractivity contribution in [3.63, 3.8) is 0 Å². The van der Waals surface area contributed by atoms with Gasteiger partial charge < -0.3 is 0 Å². The molecule has 142 valence electrons. The number of benzene rings is 1. The molecule has 0 bridgehead atoms. The average Bonchev–Trinajstić information content (AvgIpc) is 3.38. The first-order chi connectivity index (χ1) is 13.7. The van der Waals surface area contributed by atoms with E-state index in [0.29, 0.717) is 23.9 Å². The molecule has 3 heterocycles. The van der Waals surface area contributed by atoms with E-state index in [2.05, 4.69) is 29.1 Å². The van der Waals surface area contributed by atoms with Gasteiger partial charge in [-0.25, -0.2) is 4.98 Å². The van der Waals surface area contributed by atoms with Gasteiger partial charge in [0, 0.05) is 18.9 Å². The molecule has 0 saturated carbocycles. The van der Waals surface area contributed by atoms with Crippen molar-refractivity contribution in [1.29, 1.82) is 0 Å². The second-order valence-corrected chi connectivity index (χ2v) is 7.43. The molecule has 0 unspecified atom stereocenters. The molecule has 0 fully saturated rings. The van der Waals surface area contributed by atoms with Gasteiger partial charge in [-0.3, -0.25) is 19.4 Å². The number of pyridine rings is 1. The van der Waals surface area contributed by atoms with E-state index in [0.717, 1.165) is 22.3 Å². The smallest absolute Gasteiger partial charge is 0.276 e. The Morgan fingerprint density at radius 2 is 2.07 bits per heavy atom. The quantitative estimate of drug-likeness (QED) is 0.491. The van der Waals surface area contributed by atoms with E-state index in [1.807, 2.05) is 37.4 Å². The van der Waals surface area contributed by atoms with Crippen LogP contribution in [0.3, 0.4) is 0 Å². The van der Waals surface area contributed by atoms with Crippen LogP contribution in [0.5, 0.6) is 0 Å². The first-order valence-electron chi connectivity index (χ1n) is 9.32. The third-order valence-electron chi connectivity index (χ3n) is 4.56. The number of amides is 1. The number of fused-ring (bicyclic) bond motifs is 1. The fourth-order valence-electron chi connectivity index (χ4n) is 2.96. The van der Waals surface area contributed by atoms with E-state index < -0.39 is 0 Å². The largest absolute Gasteiger partial charge is 0.280 e. The molecule has 0 aliphatic carbocycles. The van der Waals surface area contributed by atoms with Gasteiger partial charge in [-0.1, -0.05) is 30.4 Å². The molecule has 7 heteroatoms. The second kappa shape index (κ2) is 7.90. The van der Waals surface area contributed by atoms with Gasteiger partial charge in [-0.15, -0.1) is 0 Å². The summed E-state index contributed by atoms with van der Waals surface area (Å²) in [7, 11) is 0. The van der Waals surface area contributed by atoms with Gasteiger partial charge in [0.05, 0.1) is 22.5 Å². The van der Waals surface area contributed by atoms with Crippen LogP contribution in [0, 0.1) is 0 Å². The molecule has 0 radical (unpaired) electrons. The van der Waals surface area contributed by atoms with Crippen LogP contribution < -0.4 is 4.90 Å². The van der Waals surface area contributed by atoms with E-state index in [1.165, 1.54) is 16.9 Å². The Labute approximate surface area is 167 Å². The molecule has 0 atom stereocenters. The molecule has 0 N–H and O–H groups in total. The minimum Gasteiger partial charge on any atom is -0.276 e. The van der Waals surface area contributed by atoms with Gasteiger partial charge in [0.15, 0.2) is 10.8 Å². The van der Waals surface area contributed by atoms with Crippen LogP contribution in [-0.4, -0.2) is 25.7 Å². The van der Waals surface area contributed by atoms with Crippen LogP contribution in [-0.2, 0) is 19.5 Å². The van der Waals surface area contributed by atoms with Crippen molar-refractivity contribution in [2.75, 3.05) is 4.90 Å². The third kappa shape index (κ3) is 3.66. The molecule has 0 aliphatic rings. The van der Waals surface area contributed by atoms with Gasteiger partial charge in [0.2, 0.25) is 0 Å². The zero-order valence-electron chi connectivity index (χ0n) is 15.9. The predicted octanol–water partition coefficient (Wildman–Crippen LogP) is 4.32. The summed E-state index contributed by atoms with van der Waals surface area (Å²) >= 11 is 1.52. The number of anilines is 1. The Hall–Kier alpha value is -3.06. The summed E-state index contributed by atoms with van der Waals surface area (Å²) < 4.78 is 2.82. The SMILES string of the molecule is CCc1ccc2nc(N(Cc3ccccn3)C(=O)c3ccn(CC)n3)sc2c1. The maximum Gasteiger partial charge on any atom is 0.280 e. The highest BCUT2D eigenvalue weighted by atomic mass is 32.1. The van der Waals surface area contributed by atoms with E-state index in [4.69, 9.17) is 4.98 Å².